The van der Waals surface area contributed by atoms with Gasteiger partial charge in [0, 0.05) is 12.1 Å². The van der Waals surface area contributed by atoms with Gasteiger partial charge in [-0.05, 0) is 32.9 Å². The summed E-state index contributed by atoms with van der Waals surface area (Å²) in [6.45, 7) is 6.70. The van der Waals surface area contributed by atoms with Crippen molar-refractivity contribution < 1.29 is 9.84 Å². The van der Waals surface area contributed by atoms with Crippen molar-refractivity contribution in [3.63, 3.8) is 0 Å². The Morgan fingerprint density at radius 3 is 2.33 bits per heavy atom. The molecule has 0 saturated carbocycles. The van der Waals surface area contributed by atoms with Crippen LogP contribution < -0.4 is 10.1 Å². The van der Waals surface area contributed by atoms with Gasteiger partial charge < -0.3 is 15.2 Å². The normalized spacial score (nSPS) is 13.4. The Morgan fingerprint density at radius 1 is 1.28 bits per heavy atom. The summed E-state index contributed by atoms with van der Waals surface area (Å²) in [7, 11) is 0. The van der Waals surface area contributed by atoms with Crippen LogP contribution in [-0.4, -0.2) is 29.9 Å². The third-order valence-electron chi connectivity index (χ3n) is 2.21. The minimum atomic E-state index is -0.614. The van der Waals surface area contributed by atoms with E-state index in [0.717, 1.165) is 0 Å². The molecule has 5 heteroatoms. The fourth-order valence-electron chi connectivity index (χ4n) is 1.28. The molecule has 0 heterocycles. The van der Waals surface area contributed by atoms with Crippen LogP contribution in [0.2, 0.25) is 10.0 Å². The van der Waals surface area contributed by atoms with Gasteiger partial charge in [0.1, 0.15) is 12.7 Å². The number of aliphatic hydroxyl groups is 1. The van der Waals surface area contributed by atoms with Crippen LogP contribution in [0.4, 0.5) is 0 Å². The number of nitrogens with one attached hydrogen (secondary N) is 1. The van der Waals surface area contributed by atoms with Crippen molar-refractivity contribution in [1.29, 1.82) is 0 Å². The fourth-order valence-corrected chi connectivity index (χ4v) is 1.79. The summed E-state index contributed by atoms with van der Waals surface area (Å²) in [5, 5.41) is 13.9. The Bertz CT molecular complexity index is 371. The average Bonchev–Trinajstić information content (AvgIpc) is 2.25. The molecule has 1 atom stereocenters. The van der Waals surface area contributed by atoms with E-state index >= 15 is 0 Å². The molecule has 102 valence electrons. The van der Waals surface area contributed by atoms with Crippen molar-refractivity contribution in [2.24, 2.45) is 0 Å². The smallest absolute Gasteiger partial charge is 0.156 e. The van der Waals surface area contributed by atoms with Crippen LogP contribution in [0.5, 0.6) is 5.75 Å². The summed E-state index contributed by atoms with van der Waals surface area (Å²) in [6, 6.07) is 5.14. The summed E-state index contributed by atoms with van der Waals surface area (Å²) >= 11 is 11.9. The molecule has 3 nitrogen and oxygen atoms in total. The molecule has 0 bridgehead atoms. The topological polar surface area (TPSA) is 41.5 Å². The zero-order valence-corrected chi connectivity index (χ0v) is 12.3. The molecule has 1 aromatic carbocycles. The van der Waals surface area contributed by atoms with Crippen molar-refractivity contribution in [3.8, 4) is 5.75 Å². The SMILES string of the molecule is CC(C)(C)NCC(O)COc1c(Cl)cccc1Cl. The number of benzene rings is 1. The van der Waals surface area contributed by atoms with Crippen molar-refractivity contribution in [2.75, 3.05) is 13.2 Å². The third-order valence-corrected chi connectivity index (χ3v) is 2.80. The van der Waals surface area contributed by atoms with Gasteiger partial charge >= 0.3 is 0 Å². The van der Waals surface area contributed by atoms with E-state index in [1.54, 1.807) is 18.2 Å². The van der Waals surface area contributed by atoms with Gasteiger partial charge in [-0.3, -0.25) is 0 Å². The Morgan fingerprint density at radius 2 is 1.83 bits per heavy atom. The first-order chi connectivity index (χ1) is 8.29. The van der Waals surface area contributed by atoms with Crippen molar-refractivity contribution in [1.82, 2.24) is 5.32 Å². The van der Waals surface area contributed by atoms with E-state index < -0.39 is 6.10 Å². The zero-order valence-electron chi connectivity index (χ0n) is 10.8. The number of ether oxygens (including phenoxy) is 1. The number of aliphatic hydroxyl groups excluding tert-OH is 1. The van der Waals surface area contributed by atoms with E-state index in [4.69, 9.17) is 27.9 Å². The van der Waals surface area contributed by atoms with Crippen LogP contribution in [0.3, 0.4) is 0 Å². The largest absolute Gasteiger partial charge is 0.488 e. The zero-order chi connectivity index (χ0) is 13.8. The second kappa shape index (κ2) is 6.62. The van der Waals surface area contributed by atoms with Crippen LogP contribution in [0, 0.1) is 0 Å². The Kier molecular flexibility index (Phi) is 5.73. The van der Waals surface area contributed by atoms with Gasteiger partial charge in [-0.2, -0.15) is 0 Å². The van der Waals surface area contributed by atoms with E-state index in [9.17, 15) is 5.11 Å². The first-order valence-corrected chi connectivity index (χ1v) is 6.55. The van der Waals surface area contributed by atoms with Crippen LogP contribution >= 0.6 is 23.2 Å². The highest BCUT2D eigenvalue weighted by molar-refractivity contribution is 6.37. The molecule has 0 fully saturated rings. The Labute approximate surface area is 118 Å². The molecule has 0 aliphatic rings. The van der Waals surface area contributed by atoms with Crippen LogP contribution in [-0.2, 0) is 0 Å². The molecule has 1 aromatic rings. The molecule has 1 rings (SSSR count). The summed E-state index contributed by atoms with van der Waals surface area (Å²) < 4.78 is 5.44. The molecular weight excluding hydrogens is 273 g/mol. The van der Waals surface area contributed by atoms with E-state index in [-0.39, 0.29) is 12.1 Å². The molecule has 0 aliphatic heterocycles. The monoisotopic (exact) mass is 291 g/mol. The maximum absolute atomic E-state index is 9.78. The lowest BCUT2D eigenvalue weighted by atomic mass is 10.1. The molecule has 0 saturated heterocycles. The van der Waals surface area contributed by atoms with Gasteiger partial charge in [-0.1, -0.05) is 29.3 Å². The highest BCUT2D eigenvalue weighted by atomic mass is 35.5. The maximum atomic E-state index is 9.78. The number of β-amino-alcohol motifs (C(OH)–C–C–N with tert-alkyl or cyclic N) is 1. The lowest BCUT2D eigenvalue weighted by Gasteiger charge is -2.23. The van der Waals surface area contributed by atoms with E-state index in [2.05, 4.69) is 5.32 Å². The lowest BCUT2D eigenvalue weighted by Crippen LogP contribution is -2.42. The highest BCUT2D eigenvalue weighted by Gasteiger charge is 2.14. The van der Waals surface area contributed by atoms with Gasteiger partial charge in [0.2, 0.25) is 0 Å². The quantitative estimate of drug-likeness (QED) is 0.876. The van der Waals surface area contributed by atoms with Crippen LogP contribution in [0.1, 0.15) is 20.8 Å². The highest BCUT2D eigenvalue weighted by Crippen LogP contribution is 2.32. The Hall–Kier alpha value is -0.480. The molecule has 0 radical (unpaired) electrons. The van der Waals surface area contributed by atoms with Crippen LogP contribution in [0.15, 0.2) is 18.2 Å². The summed E-state index contributed by atoms with van der Waals surface area (Å²) in [5.41, 5.74) is -0.0387. The van der Waals surface area contributed by atoms with Crippen molar-refractivity contribution in [3.05, 3.63) is 28.2 Å². The van der Waals surface area contributed by atoms with Gasteiger partial charge in [0.15, 0.2) is 5.75 Å². The van der Waals surface area contributed by atoms with Crippen molar-refractivity contribution >= 4 is 23.2 Å². The predicted molar refractivity (Wildman–Crippen MR) is 75.7 cm³/mol. The Balaban J connectivity index is 2.45. The molecule has 2 N–H and O–H groups in total. The minimum Gasteiger partial charge on any atom is -0.488 e. The first kappa shape index (κ1) is 15.6. The number of hydrogen-bond donors (Lipinski definition) is 2. The molecule has 0 spiro atoms. The minimum absolute atomic E-state index is 0.0387. The second-order valence-electron chi connectivity index (χ2n) is 5.15. The molecule has 0 aliphatic carbocycles. The molecular formula is C13H19Cl2NO2. The standard InChI is InChI=1S/C13H19Cl2NO2/c1-13(2,3)16-7-9(17)8-18-12-10(14)5-4-6-11(12)15/h4-6,9,16-17H,7-8H2,1-3H3. The third kappa shape index (κ3) is 5.44. The number of rotatable bonds is 5. The number of halogens is 2. The molecule has 0 amide bonds. The molecule has 1 unspecified atom stereocenters. The van der Waals surface area contributed by atoms with Gasteiger partial charge in [-0.15, -0.1) is 0 Å². The van der Waals surface area contributed by atoms with E-state index in [0.29, 0.717) is 22.3 Å². The summed E-state index contributed by atoms with van der Waals surface area (Å²) in [4.78, 5) is 0. The number of para-hydroxylation sites is 1. The number of hydrogen-bond acceptors (Lipinski definition) is 3. The van der Waals surface area contributed by atoms with E-state index in [1.807, 2.05) is 20.8 Å². The molecule has 0 aromatic heterocycles. The first-order valence-electron chi connectivity index (χ1n) is 5.79. The maximum Gasteiger partial charge on any atom is 0.156 e. The fraction of sp³-hybridized carbons (Fsp3) is 0.538. The second-order valence-corrected chi connectivity index (χ2v) is 5.96. The average molecular weight is 292 g/mol. The predicted octanol–water partition coefficient (Wildman–Crippen LogP) is 3.12. The van der Waals surface area contributed by atoms with Gasteiger partial charge in [0.25, 0.3) is 0 Å². The van der Waals surface area contributed by atoms with Crippen LogP contribution in [0.25, 0.3) is 0 Å². The van der Waals surface area contributed by atoms with E-state index in [1.165, 1.54) is 0 Å². The lowest BCUT2D eigenvalue weighted by molar-refractivity contribution is 0.100. The summed E-state index contributed by atoms with van der Waals surface area (Å²) in [5.74, 6) is 0.413. The van der Waals surface area contributed by atoms with Gasteiger partial charge in [-0.25, -0.2) is 0 Å². The van der Waals surface area contributed by atoms with Gasteiger partial charge in [0.05, 0.1) is 10.0 Å². The summed E-state index contributed by atoms with van der Waals surface area (Å²) in [6.07, 6.45) is -0.614. The molecule has 18 heavy (non-hydrogen) atoms. The van der Waals surface area contributed by atoms with Crippen molar-refractivity contribution in [2.45, 2.75) is 32.4 Å².